The number of thioether (sulfide) groups is 1. The van der Waals surface area contributed by atoms with Gasteiger partial charge in [0.15, 0.2) is 0 Å². The Hall–Kier alpha value is -0.480. The SMILES string of the molecule is Cn1nccc1C(O)CSC1CCCC1. The lowest BCUT2D eigenvalue weighted by Gasteiger charge is -2.13. The first-order valence-corrected chi connectivity index (χ1v) is 6.60. The summed E-state index contributed by atoms with van der Waals surface area (Å²) in [6, 6.07) is 1.89. The first-order valence-electron chi connectivity index (χ1n) is 5.55. The van der Waals surface area contributed by atoms with Crippen molar-refractivity contribution < 1.29 is 5.11 Å². The van der Waals surface area contributed by atoms with Gasteiger partial charge in [0.2, 0.25) is 0 Å². The third-order valence-corrected chi connectivity index (χ3v) is 4.44. The molecule has 84 valence electrons. The summed E-state index contributed by atoms with van der Waals surface area (Å²) >= 11 is 1.91. The van der Waals surface area contributed by atoms with Crippen LogP contribution in [0.3, 0.4) is 0 Å². The van der Waals surface area contributed by atoms with Gasteiger partial charge in [-0.1, -0.05) is 12.8 Å². The molecule has 1 aliphatic carbocycles. The molecule has 0 amide bonds. The topological polar surface area (TPSA) is 38.0 Å². The Morgan fingerprint density at radius 2 is 2.33 bits per heavy atom. The summed E-state index contributed by atoms with van der Waals surface area (Å²) in [6.45, 7) is 0. The smallest absolute Gasteiger partial charge is 0.105 e. The van der Waals surface area contributed by atoms with Gasteiger partial charge in [-0.15, -0.1) is 0 Å². The molecule has 0 aliphatic heterocycles. The van der Waals surface area contributed by atoms with Crippen LogP contribution < -0.4 is 0 Å². The number of hydrogen-bond acceptors (Lipinski definition) is 3. The predicted molar refractivity (Wildman–Crippen MR) is 62.9 cm³/mol. The van der Waals surface area contributed by atoms with E-state index in [1.807, 2.05) is 24.9 Å². The van der Waals surface area contributed by atoms with Gasteiger partial charge in [0.05, 0.1) is 5.69 Å². The van der Waals surface area contributed by atoms with Crippen molar-refractivity contribution in [3.05, 3.63) is 18.0 Å². The third-order valence-electron chi connectivity index (χ3n) is 2.99. The van der Waals surface area contributed by atoms with Gasteiger partial charge in [0.25, 0.3) is 0 Å². The zero-order chi connectivity index (χ0) is 10.7. The van der Waals surface area contributed by atoms with Crippen LogP contribution in [0.15, 0.2) is 12.3 Å². The number of hydrogen-bond donors (Lipinski definition) is 1. The third kappa shape index (κ3) is 2.75. The van der Waals surface area contributed by atoms with Gasteiger partial charge in [-0.2, -0.15) is 16.9 Å². The maximum atomic E-state index is 9.97. The van der Waals surface area contributed by atoms with Crippen LogP contribution in [0.2, 0.25) is 0 Å². The van der Waals surface area contributed by atoms with Crippen molar-refractivity contribution in [3.63, 3.8) is 0 Å². The van der Waals surface area contributed by atoms with Gasteiger partial charge >= 0.3 is 0 Å². The first-order chi connectivity index (χ1) is 7.27. The quantitative estimate of drug-likeness (QED) is 0.854. The van der Waals surface area contributed by atoms with E-state index in [4.69, 9.17) is 0 Å². The summed E-state index contributed by atoms with van der Waals surface area (Å²) in [4.78, 5) is 0. The second-order valence-corrected chi connectivity index (χ2v) is 5.47. The highest BCUT2D eigenvalue weighted by atomic mass is 32.2. The predicted octanol–water partition coefficient (Wildman–Crippen LogP) is 2.13. The molecule has 1 aromatic heterocycles. The van der Waals surface area contributed by atoms with Gasteiger partial charge in [-0.05, 0) is 18.9 Å². The fourth-order valence-corrected chi connectivity index (χ4v) is 3.37. The number of rotatable bonds is 4. The van der Waals surface area contributed by atoms with Crippen molar-refractivity contribution in [3.8, 4) is 0 Å². The van der Waals surface area contributed by atoms with Gasteiger partial charge in [0, 0.05) is 24.2 Å². The van der Waals surface area contributed by atoms with Crippen LogP contribution in [-0.4, -0.2) is 25.9 Å². The van der Waals surface area contributed by atoms with E-state index in [0.29, 0.717) is 0 Å². The number of aromatic nitrogens is 2. The second kappa shape index (κ2) is 5.03. The van der Waals surface area contributed by atoms with Crippen molar-refractivity contribution in [2.24, 2.45) is 7.05 Å². The van der Waals surface area contributed by atoms with E-state index in [9.17, 15) is 5.11 Å². The average molecular weight is 226 g/mol. The Morgan fingerprint density at radius 1 is 1.60 bits per heavy atom. The molecule has 15 heavy (non-hydrogen) atoms. The average Bonchev–Trinajstić information content (AvgIpc) is 2.84. The molecule has 1 N–H and O–H groups in total. The van der Waals surface area contributed by atoms with E-state index in [2.05, 4.69) is 5.10 Å². The Kier molecular flexibility index (Phi) is 3.70. The number of nitrogens with zero attached hydrogens (tertiary/aromatic N) is 2. The molecule has 1 heterocycles. The van der Waals surface area contributed by atoms with Crippen LogP contribution in [0.4, 0.5) is 0 Å². The molecule has 1 atom stereocenters. The van der Waals surface area contributed by atoms with Crippen LogP contribution in [0.1, 0.15) is 37.5 Å². The van der Waals surface area contributed by atoms with Crippen molar-refractivity contribution in [2.45, 2.75) is 37.0 Å². The molecule has 1 unspecified atom stereocenters. The summed E-state index contributed by atoms with van der Waals surface area (Å²) in [7, 11) is 1.87. The minimum Gasteiger partial charge on any atom is -0.386 e. The van der Waals surface area contributed by atoms with Crippen molar-refractivity contribution >= 4 is 11.8 Å². The first kappa shape index (κ1) is 11.0. The van der Waals surface area contributed by atoms with Crippen LogP contribution in [0, 0.1) is 0 Å². The summed E-state index contributed by atoms with van der Waals surface area (Å²) in [5.74, 6) is 0.796. The highest BCUT2D eigenvalue weighted by molar-refractivity contribution is 7.99. The maximum absolute atomic E-state index is 9.97. The molecule has 0 bridgehead atoms. The lowest BCUT2D eigenvalue weighted by atomic mass is 10.3. The number of aryl methyl sites for hydroxylation is 1. The second-order valence-electron chi connectivity index (χ2n) is 4.14. The number of aliphatic hydroxyl groups excluding tert-OH is 1. The molecule has 1 saturated carbocycles. The van der Waals surface area contributed by atoms with Gasteiger partial charge < -0.3 is 5.11 Å². The Bertz CT molecular complexity index is 307. The van der Waals surface area contributed by atoms with Gasteiger partial charge in [-0.25, -0.2) is 0 Å². The summed E-state index contributed by atoms with van der Waals surface area (Å²) in [5.41, 5.74) is 0.917. The van der Waals surface area contributed by atoms with Crippen molar-refractivity contribution in [1.82, 2.24) is 9.78 Å². The standard InChI is InChI=1S/C11H18N2OS/c1-13-10(6-7-12-13)11(14)8-15-9-4-2-3-5-9/h6-7,9,11,14H,2-5,8H2,1H3. The van der Waals surface area contributed by atoms with E-state index >= 15 is 0 Å². The fraction of sp³-hybridized carbons (Fsp3) is 0.727. The van der Waals surface area contributed by atoms with E-state index < -0.39 is 0 Å². The molecule has 1 aliphatic rings. The highest BCUT2D eigenvalue weighted by Crippen LogP contribution is 2.31. The minimum absolute atomic E-state index is 0.372. The Balaban J connectivity index is 1.81. The fourth-order valence-electron chi connectivity index (χ4n) is 2.08. The highest BCUT2D eigenvalue weighted by Gasteiger charge is 2.18. The minimum atomic E-state index is -0.372. The molecule has 1 aromatic rings. The maximum Gasteiger partial charge on any atom is 0.105 e. The molecule has 1 fully saturated rings. The lowest BCUT2D eigenvalue weighted by molar-refractivity contribution is 0.193. The summed E-state index contributed by atoms with van der Waals surface area (Å²) in [6.07, 6.45) is 6.73. The lowest BCUT2D eigenvalue weighted by Crippen LogP contribution is -2.09. The largest absolute Gasteiger partial charge is 0.386 e. The molecule has 4 heteroatoms. The Morgan fingerprint density at radius 3 is 2.93 bits per heavy atom. The van der Waals surface area contributed by atoms with Crippen molar-refractivity contribution in [1.29, 1.82) is 0 Å². The molecule has 0 aromatic carbocycles. The monoisotopic (exact) mass is 226 g/mol. The Labute approximate surface area is 94.9 Å². The van der Waals surface area contributed by atoms with E-state index in [1.165, 1.54) is 25.7 Å². The van der Waals surface area contributed by atoms with E-state index in [1.54, 1.807) is 10.9 Å². The summed E-state index contributed by atoms with van der Waals surface area (Å²) < 4.78 is 1.75. The van der Waals surface area contributed by atoms with Crippen LogP contribution >= 0.6 is 11.8 Å². The van der Waals surface area contributed by atoms with Crippen molar-refractivity contribution in [2.75, 3.05) is 5.75 Å². The van der Waals surface area contributed by atoms with Crippen LogP contribution in [0.5, 0.6) is 0 Å². The molecule has 0 spiro atoms. The zero-order valence-corrected chi connectivity index (χ0v) is 9.91. The molecule has 3 nitrogen and oxygen atoms in total. The number of aliphatic hydroxyl groups is 1. The van der Waals surface area contributed by atoms with Gasteiger partial charge in [-0.3, -0.25) is 4.68 Å². The van der Waals surface area contributed by atoms with Crippen LogP contribution in [0.25, 0.3) is 0 Å². The summed E-state index contributed by atoms with van der Waals surface area (Å²) in [5, 5.41) is 14.8. The molecule has 0 saturated heterocycles. The zero-order valence-electron chi connectivity index (χ0n) is 9.09. The molecule has 0 radical (unpaired) electrons. The van der Waals surface area contributed by atoms with Gasteiger partial charge in [0.1, 0.15) is 6.10 Å². The van der Waals surface area contributed by atoms with Crippen LogP contribution in [-0.2, 0) is 7.05 Å². The normalized spacial score (nSPS) is 19.6. The van der Waals surface area contributed by atoms with E-state index in [-0.39, 0.29) is 6.10 Å². The molecular formula is C11H18N2OS. The molecular weight excluding hydrogens is 208 g/mol. The molecule has 2 rings (SSSR count). The van der Waals surface area contributed by atoms with E-state index in [0.717, 1.165) is 16.7 Å².